The highest BCUT2D eigenvalue weighted by Crippen LogP contribution is 2.35. The number of methoxy groups -OCH3 is 1. The van der Waals surface area contributed by atoms with Crippen molar-refractivity contribution in [3.8, 4) is 17.2 Å². The Labute approximate surface area is 223 Å². The molecule has 1 heterocycles. The molecule has 1 aliphatic rings. The minimum atomic E-state index is -1.13. The number of thiocarbonyl (C=S) groups is 1. The summed E-state index contributed by atoms with van der Waals surface area (Å²) in [6.07, 6.45) is 1.54. The molecule has 1 aliphatic heterocycles. The molecule has 184 valence electrons. The van der Waals surface area contributed by atoms with E-state index in [1.165, 1.54) is 25.3 Å². The van der Waals surface area contributed by atoms with Crippen LogP contribution in [-0.4, -0.2) is 52.5 Å². The van der Waals surface area contributed by atoms with E-state index in [9.17, 15) is 14.4 Å². The lowest BCUT2D eigenvalue weighted by Gasteiger charge is -2.16. The van der Waals surface area contributed by atoms with Crippen LogP contribution in [0.3, 0.4) is 0 Å². The van der Waals surface area contributed by atoms with Crippen molar-refractivity contribution in [2.24, 2.45) is 0 Å². The summed E-state index contributed by atoms with van der Waals surface area (Å²) in [6, 6.07) is 7.44. The van der Waals surface area contributed by atoms with Crippen molar-refractivity contribution in [3.63, 3.8) is 0 Å². The van der Waals surface area contributed by atoms with Gasteiger partial charge in [0.25, 0.3) is 11.8 Å². The van der Waals surface area contributed by atoms with Gasteiger partial charge in [-0.3, -0.25) is 15.0 Å². The molecule has 2 aromatic rings. The standard InChI is InChI=1S/C21H15Cl3N2O7S2/c1-31-16-4-10(2-3-14(16)33-9-19(28)29)5-17-20(30)26(21(34)35-17)25-18(27)8-32-15-7-12(23)11(22)6-13(15)24/h2-7H,8-9H2,1H3,(H,25,27)(H,28,29)/b17-5-. The molecule has 14 heteroatoms. The average molecular weight is 578 g/mol. The molecule has 0 spiro atoms. The zero-order valence-electron chi connectivity index (χ0n) is 17.7. The maximum absolute atomic E-state index is 12.8. The van der Waals surface area contributed by atoms with Crippen molar-refractivity contribution in [1.29, 1.82) is 0 Å². The van der Waals surface area contributed by atoms with Crippen LogP contribution in [-0.2, 0) is 14.4 Å². The lowest BCUT2D eigenvalue weighted by molar-refractivity contribution is -0.139. The highest BCUT2D eigenvalue weighted by molar-refractivity contribution is 8.26. The third-order valence-corrected chi connectivity index (χ3v) is 6.52. The zero-order valence-corrected chi connectivity index (χ0v) is 21.6. The Morgan fingerprint density at radius 1 is 1.06 bits per heavy atom. The Morgan fingerprint density at radius 3 is 2.43 bits per heavy atom. The number of aliphatic carboxylic acids is 1. The van der Waals surface area contributed by atoms with E-state index in [0.717, 1.165) is 16.8 Å². The number of rotatable bonds is 9. The first-order valence-corrected chi connectivity index (χ1v) is 11.8. The fraction of sp³-hybridized carbons (Fsp3) is 0.143. The van der Waals surface area contributed by atoms with Crippen LogP contribution in [0.1, 0.15) is 5.56 Å². The van der Waals surface area contributed by atoms with E-state index in [0.29, 0.717) is 5.56 Å². The van der Waals surface area contributed by atoms with Gasteiger partial charge < -0.3 is 19.3 Å². The second-order valence-corrected chi connectivity index (χ2v) is 9.53. The Morgan fingerprint density at radius 2 is 1.74 bits per heavy atom. The summed E-state index contributed by atoms with van der Waals surface area (Å²) in [5, 5.41) is 10.3. The normalized spacial score (nSPS) is 14.3. The number of ether oxygens (including phenoxy) is 3. The van der Waals surface area contributed by atoms with Gasteiger partial charge in [0.05, 0.1) is 27.1 Å². The van der Waals surface area contributed by atoms with Crippen molar-refractivity contribution in [2.45, 2.75) is 0 Å². The van der Waals surface area contributed by atoms with Crippen LogP contribution in [0.5, 0.6) is 17.2 Å². The largest absolute Gasteiger partial charge is 0.493 e. The zero-order chi connectivity index (χ0) is 25.7. The summed E-state index contributed by atoms with van der Waals surface area (Å²) in [5.41, 5.74) is 2.95. The minimum Gasteiger partial charge on any atom is -0.493 e. The molecular formula is C21H15Cl3N2O7S2. The predicted octanol–water partition coefficient (Wildman–Crippen LogP) is 4.43. The summed E-state index contributed by atoms with van der Waals surface area (Å²) in [7, 11) is 1.40. The van der Waals surface area contributed by atoms with Crippen LogP contribution < -0.4 is 19.6 Å². The van der Waals surface area contributed by atoms with Gasteiger partial charge in [0.1, 0.15) is 5.75 Å². The first-order chi connectivity index (χ1) is 16.6. The van der Waals surface area contributed by atoms with E-state index < -0.39 is 31.0 Å². The lowest BCUT2D eigenvalue weighted by atomic mass is 10.2. The number of benzene rings is 2. The molecule has 0 bridgehead atoms. The fourth-order valence-electron chi connectivity index (χ4n) is 2.66. The third kappa shape index (κ3) is 6.92. The molecule has 1 saturated heterocycles. The van der Waals surface area contributed by atoms with Crippen LogP contribution in [0.4, 0.5) is 0 Å². The highest BCUT2D eigenvalue weighted by Gasteiger charge is 2.33. The fourth-order valence-corrected chi connectivity index (χ4v) is 4.43. The molecular weight excluding hydrogens is 563 g/mol. The molecule has 0 atom stereocenters. The summed E-state index contributed by atoms with van der Waals surface area (Å²) in [5.74, 6) is -1.69. The predicted molar refractivity (Wildman–Crippen MR) is 136 cm³/mol. The van der Waals surface area contributed by atoms with Gasteiger partial charge in [-0.15, -0.1) is 0 Å². The molecule has 2 aromatic carbocycles. The van der Waals surface area contributed by atoms with Crippen LogP contribution in [0.25, 0.3) is 6.08 Å². The molecule has 0 aromatic heterocycles. The van der Waals surface area contributed by atoms with Gasteiger partial charge in [0.2, 0.25) is 0 Å². The number of hydrogen-bond acceptors (Lipinski definition) is 8. The van der Waals surface area contributed by atoms with E-state index in [1.54, 1.807) is 18.2 Å². The first-order valence-electron chi connectivity index (χ1n) is 9.46. The maximum Gasteiger partial charge on any atom is 0.341 e. The molecule has 0 radical (unpaired) electrons. The smallest absolute Gasteiger partial charge is 0.341 e. The van der Waals surface area contributed by atoms with E-state index >= 15 is 0 Å². The molecule has 9 nitrogen and oxygen atoms in total. The summed E-state index contributed by atoms with van der Waals surface area (Å²) in [4.78, 5) is 36.1. The number of carboxylic acid groups (broad SMARTS) is 1. The molecule has 0 unspecified atom stereocenters. The topological polar surface area (TPSA) is 114 Å². The summed E-state index contributed by atoms with van der Waals surface area (Å²) in [6.45, 7) is -1.00. The third-order valence-electron chi connectivity index (χ3n) is 4.20. The SMILES string of the molecule is COc1cc(/C=C2\SC(=S)N(NC(=O)COc3cc(Cl)c(Cl)cc3Cl)C2=O)ccc1OCC(=O)O. The molecule has 2 N–H and O–H groups in total. The lowest BCUT2D eigenvalue weighted by Crippen LogP contribution is -2.46. The highest BCUT2D eigenvalue weighted by atomic mass is 35.5. The minimum absolute atomic E-state index is 0.107. The molecule has 3 rings (SSSR count). The first kappa shape index (κ1) is 26.9. The average Bonchev–Trinajstić information content (AvgIpc) is 3.06. The number of amides is 2. The van der Waals surface area contributed by atoms with Gasteiger partial charge in [-0.25, -0.2) is 4.79 Å². The second kappa shape index (κ2) is 11.8. The molecule has 0 aliphatic carbocycles. The van der Waals surface area contributed by atoms with Crippen molar-refractivity contribution >= 4 is 87.0 Å². The number of hydrazine groups is 1. The van der Waals surface area contributed by atoms with Gasteiger partial charge in [-0.2, -0.15) is 5.01 Å². The Hall–Kier alpha value is -2.70. The Kier molecular flexibility index (Phi) is 9.09. The van der Waals surface area contributed by atoms with E-state index in [4.69, 9.17) is 66.3 Å². The summed E-state index contributed by atoms with van der Waals surface area (Å²) >= 11 is 24.0. The number of carbonyl (C=O) groups excluding carboxylic acids is 2. The number of carboxylic acids is 1. The number of halogens is 3. The van der Waals surface area contributed by atoms with E-state index in [-0.39, 0.29) is 41.5 Å². The van der Waals surface area contributed by atoms with Crippen molar-refractivity contribution in [1.82, 2.24) is 10.4 Å². The van der Waals surface area contributed by atoms with Gasteiger partial charge >= 0.3 is 5.97 Å². The molecule has 0 saturated carbocycles. The van der Waals surface area contributed by atoms with Crippen molar-refractivity contribution < 1.29 is 33.7 Å². The summed E-state index contributed by atoms with van der Waals surface area (Å²) < 4.78 is 15.8. The van der Waals surface area contributed by atoms with Gasteiger partial charge in [-0.1, -0.05) is 52.6 Å². The monoisotopic (exact) mass is 576 g/mol. The quantitative estimate of drug-likeness (QED) is 0.254. The Balaban J connectivity index is 1.66. The number of thioether (sulfide) groups is 1. The number of nitrogens with zero attached hydrogens (tertiary/aromatic N) is 1. The molecule has 2 amide bonds. The number of carbonyl (C=O) groups is 3. The van der Waals surface area contributed by atoms with Gasteiger partial charge in [0, 0.05) is 6.07 Å². The van der Waals surface area contributed by atoms with Crippen LogP contribution in [0.2, 0.25) is 15.1 Å². The number of hydrogen-bond donors (Lipinski definition) is 2. The van der Waals surface area contributed by atoms with Gasteiger partial charge in [-0.05, 0) is 42.1 Å². The van der Waals surface area contributed by atoms with Crippen LogP contribution >= 0.6 is 58.8 Å². The second-order valence-electron chi connectivity index (χ2n) is 6.63. The molecule has 35 heavy (non-hydrogen) atoms. The van der Waals surface area contributed by atoms with E-state index in [2.05, 4.69) is 5.43 Å². The van der Waals surface area contributed by atoms with E-state index in [1.807, 2.05) is 0 Å². The maximum atomic E-state index is 12.8. The molecule has 1 fully saturated rings. The van der Waals surface area contributed by atoms with Crippen LogP contribution in [0, 0.1) is 0 Å². The Bertz CT molecular complexity index is 1240. The van der Waals surface area contributed by atoms with Crippen molar-refractivity contribution in [3.05, 3.63) is 55.9 Å². The van der Waals surface area contributed by atoms with Crippen LogP contribution in [0.15, 0.2) is 35.2 Å². The van der Waals surface area contributed by atoms with Gasteiger partial charge in [0.15, 0.2) is 29.0 Å². The number of nitrogens with one attached hydrogen (secondary N) is 1. The van der Waals surface area contributed by atoms with Crippen molar-refractivity contribution in [2.75, 3.05) is 20.3 Å².